The number of aryl methyl sites for hydroxylation is 5. The number of hydrogen-bond donors (Lipinski definition) is 0. The summed E-state index contributed by atoms with van der Waals surface area (Å²) >= 11 is 0. The highest BCUT2D eigenvalue weighted by atomic mass is 14.2. The zero-order valence-electron chi connectivity index (χ0n) is 34.3. The molecule has 0 aromatic heterocycles. The van der Waals surface area contributed by atoms with Crippen LogP contribution in [0.2, 0.25) is 6.32 Å². The average Bonchev–Trinajstić information content (AvgIpc) is 3.16. The molecular formula is C55H51B. The molecule has 0 fully saturated rings. The van der Waals surface area contributed by atoms with Gasteiger partial charge in [-0.3, -0.25) is 0 Å². The minimum atomic E-state index is 0.108. The van der Waals surface area contributed by atoms with Crippen LogP contribution in [0, 0.1) is 47.0 Å². The van der Waals surface area contributed by atoms with Gasteiger partial charge in [-0.05, 0) is 156 Å². The van der Waals surface area contributed by atoms with Gasteiger partial charge in [-0.15, -0.1) is 6.42 Å². The first-order chi connectivity index (χ1) is 27.0. The maximum absolute atomic E-state index is 5.71. The van der Waals surface area contributed by atoms with E-state index in [0.29, 0.717) is 0 Å². The Morgan fingerprint density at radius 3 is 1.77 bits per heavy atom. The molecule has 0 saturated heterocycles. The fraction of sp³-hybridized carbons (Fsp3) is 0.164. The lowest BCUT2D eigenvalue weighted by Gasteiger charge is -2.26. The van der Waals surface area contributed by atoms with Crippen LogP contribution in [-0.2, 0) is 0 Å². The zero-order valence-corrected chi connectivity index (χ0v) is 34.3. The van der Waals surface area contributed by atoms with E-state index < -0.39 is 0 Å². The number of rotatable bonds is 10. The van der Waals surface area contributed by atoms with E-state index in [4.69, 9.17) is 6.42 Å². The van der Waals surface area contributed by atoms with Crippen molar-refractivity contribution >= 4 is 55.5 Å². The molecule has 0 nitrogen and oxygen atoms in total. The first-order valence-electron chi connectivity index (χ1n) is 19.8. The summed E-state index contributed by atoms with van der Waals surface area (Å²) in [5.74, 6) is 2.72. The summed E-state index contributed by atoms with van der Waals surface area (Å²) in [6, 6.07) is 36.9. The van der Waals surface area contributed by atoms with E-state index in [0.717, 1.165) is 11.9 Å². The van der Waals surface area contributed by atoms with E-state index in [2.05, 4.69) is 183 Å². The molecule has 0 unspecified atom stereocenters. The molecular weight excluding hydrogens is 671 g/mol. The van der Waals surface area contributed by atoms with Crippen LogP contribution in [0.5, 0.6) is 0 Å². The van der Waals surface area contributed by atoms with Crippen LogP contribution < -0.4 is 10.9 Å². The third kappa shape index (κ3) is 7.09. The molecule has 0 aliphatic carbocycles. The van der Waals surface area contributed by atoms with Crippen molar-refractivity contribution in [2.24, 2.45) is 0 Å². The smallest absolute Gasteiger partial charge is 0.115 e. The first-order valence-corrected chi connectivity index (χ1v) is 19.8. The van der Waals surface area contributed by atoms with Gasteiger partial charge in [0.2, 0.25) is 6.71 Å². The van der Waals surface area contributed by atoms with E-state index in [1.54, 1.807) is 0 Å². The predicted octanol–water partition coefficient (Wildman–Crippen LogP) is 13.7. The molecule has 0 saturated carbocycles. The Morgan fingerprint density at radius 1 is 0.643 bits per heavy atom. The standard InChI is InChI=1S/C55H51B/c1-11-13-14-20-40(8)49-33-52(56(34-37(5)29-35(3)19-12-2)55-41(9)30-36(4)31-42(55)10)48-28-27-47-51(44-24-18-16-22-39(44)7)32-50(43-23-17-15-21-38(43)6)46-26-25-45(49)54(48)53(46)47/h2,11,13-33H,1,34H2,3-10H3/b14-13-,35-19-,37-29-,40-20+. The Morgan fingerprint density at radius 2 is 1.20 bits per heavy atom. The molecule has 0 radical (unpaired) electrons. The Kier molecular flexibility index (Phi) is 10.9. The highest BCUT2D eigenvalue weighted by Gasteiger charge is 2.29. The fourth-order valence-corrected chi connectivity index (χ4v) is 9.25. The lowest BCUT2D eigenvalue weighted by atomic mass is 9.35. The number of benzene rings is 7. The second-order valence-electron chi connectivity index (χ2n) is 15.8. The topological polar surface area (TPSA) is 0 Å². The van der Waals surface area contributed by atoms with Crippen LogP contribution in [0.25, 0.3) is 60.1 Å². The molecule has 0 atom stereocenters. The van der Waals surface area contributed by atoms with Crippen molar-refractivity contribution in [3.63, 3.8) is 0 Å². The minimum Gasteiger partial charge on any atom is -0.115 e. The molecule has 0 N–H and O–H groups in total. The normalized spacial score (nSPS) is 12.7. The summed E-state index contributed by atoms with van der Waals surface area (Å²) in [6.45, 7) is 21.9. The Balaban J connectivity index is 1.68. The van der Waals surface area contributed by atoms with E-state index in [1.807, 2.05) is 18.2 Å². The van der Waals surface area contributed by atoms with Crippen molar-refractivity contribution in [3.8, 4) is 34.6 Å². The van der Waals surface area contributed by atoms with Gasteiger partial charge in [0.25, 0.3) is 0 Å². The molecule has 1 heteroatoms. The quantitative estimate of drug-likeness (QED) is 0.0571. The highest BCUT2D eigenvalue weighted by Crippen LogP contribution is 2.46. The summed E-state index contributed by atoms with van der Waals surface area (Å²) in [5.41, 5.74) is 19.2. The van der Waals surface area contributed by atoms with Crippen molar-refractivity contribution in [2.45, 2.75) is 61.7 Å². The summed E-state index contributed by atoms with van der Waals surface area (Å²) in [4.78, 5) is 0. The van der Waals surface area contributed by atoms with Gasteiger partial charge in [0.05, 0.1) is 0 Å². The van der Waals surface area contributed by atoms with Gasteiger partial charge in [0.1, 0.15) is 0 Å². The van der Waals surface area contributed by atoms with Crippen LogP contribution in [0.4, 0.5) is 0 Å². The van der Waals surface area contributed by atoms with Crippen molar-refractivity contribution < 1.29 is 0 Å². The lowest BCUT2D eigenvalue weighted by molar-refractivity contribution is 1.31. The predicted molar refractivity (Wildman–Crippen MR) is 250 cm³/mol. The van der Waals surface area contributed by atoms with Gasteiger partial charge in [0.15, 0.2) is 0 Å². The van der Waals surface area contributed by atoms with E-state index in [-0.39, 0.29) is 6.71 Å². The maximum atomic E-state index is 5.71. The third-order valence-corrected chi connectivity index (χ3v) is 11.6. The number of allylic oxidation sites excluding steroid dienone is 9. The van der Waals surface area contributed by atoms with Crippen molar-refractivity contribution in [2.75, 3.05) is 0 Å². The van der Waals surface area contributed by atoms with Crippen molar-refractivity contribution in [1.82, 2.24) is 0 Å². The van der Waals surface area contributed by atoms with E-state index in [1.165, 1.54) is 110 Å². The Labute approximate surface area is 335 Å². The molecule has 0 aliphatic heterocycles. The molecule has 56 heavy (non-hydrogen) atoms. The molecule has 0 heterocycles. The molecule has 7 aromatic rings. The largest absolute Gasteiger partial charge is 0.214 e. The Hall–Kier alpha value is -6.10. The van der Waals surface area contributed by atoms with Crippen LogP contribution in [0.3, 0.4) is 0 Å². The minimum absolute atomic E-state index is 0.108. The van der Waals surface area contributed by atoms with Crippen LogP contribution in [-0.4, -0.2) is 6.71 Å². The van der Waals surface area contributed by atoms with E-state index >= 15 is 0 Å². The first kappa shape index (κ1) is 38.2. The van der Waals surface area contributed by atoms with Gasteiger partial charge < -0.3 is 0 Å². The summed E-state index contributed by atoms with van der Waals surface area (Å²) in [6.07, 6.45) is 18.9. The molecule has 274 valence electrons. The SMILES string of the molecule is C#C/C=C(C)\C=C(\C)CB(c1c(C)cc(C)cc1C)c1cc(/C(C)=C/C=C\C=C)c2ccc3c(-c4ccccc4C)cc(-c4ccccc4C)c4ccc1c2c43. The second kappa shape index (κ2) is 15.9. The van der Waals surface area contributed by atoms with Gasteiger partial charge in [-0.2, -0.15) is 0 Å². The molecule has 0 aliphatic rings. The van der Waals surface area contributed by atoms with Crippen molar-refractivity contribution in [1.29, 1.82) is 0 Å². The van der Waals surface area contributed by atoms with Crippen LogP contribution >= 0.6 is 0 Å². The Bertz CT molecular complexity index is 2740. The molecule has 0 bridgehead atoms. The lowest BCUT2D eigenvalue weighted by Crippen LogP contribution is -2.45. The van der Waals surface area contributed by atoms with E-state index in [9.17, 15) is 0 Å². The van der Waals surface area contributed by atoms with Crippen LogP contribution in [0.1, 0.15) is 54.2 Å². The zero-order chi connectivity index (χ0) is 39.7. The number of hydrogen-bond acceptors (Lipinski definition) is 0. The highest BCUT2D eigenvalue weighted by molar-refractivity contribution is 6.88. The molecule has 0 amide bonds. The second-order valence-corrected chi connectivity index (χ2v) is 15.8. The molecule has 7 aromatic carbocycles. The summed E-state index contributed by atoms with van der Waals surface area (Å²) < 4.78 is 0. The van der Waals surface area contributed by atoms with Gasteiger partial charge in [0, 0.05) is 0 Å². The third-order valence-electron chi connectivity index (χ3n) is 11.6. The van der Waals surface area contributed by atoms with Gasteiger partial charge in [-0.1, -0.05) is 167 Å². The van der Waals surface area contributed by atoms with Crippen LogP contribution in [0.15, 0.2) is 151 Å². The maximum Gasteiger partial charge on any atom is 0.214 e. The molecule has 0 spiro atoms. The summed E-state index contributed by atoms with van der Waals surface area (Å²) in [7, 11) is 0. The van der Waals surface area contributed by atoms with Crippen molar-refractivity contribution in [3.05, 3.63) is 185 Å². The number of terminal acetylenes is 1. The molecule has 7 rings (SSSR count). The van der Waals surface area contributed by atoms with Gasteiger partial charge >= 0.3 is 0 Å². The average molecular weight is 723 g/mol. The monoisotopic (exact) mass is 722 g/mol. The summed E-state index contributed by atoms with van der Waals surface area (Å²) in [5, 5.41) is 7.81. The fourth-order valence-electron chi connectivity index (χ4n) is 9.25. The van der Waals surface area contributed by atoms with Gasteiger partial charge in [-0.25, -0.2) is 0 Å².